The highest BCUT2D eigenvalue weighted by Gasteiger charge is 2.04. The molecule has 0 aliphatic rings. The lowest BCUT2D eigenvalue weighted by Gasteiger charge is -2.08. The van der Waals surface area contributed by atoms with Gasteiger partial charge in [0.15, 0.2) is 0 Å². The Morgan fingerprint density at radius 1 is 1.05 bits per heavy atom. The second kappa shape index (κ2) is 6.93. The molecule has 4 heteroatoms. The molecule has 2 aromatic rings. The quantitative estimate of drug-likeness (QED) is 0.610. The smallest absolute Gasteiger partial charge is 0.135 e. The van der Waals surface area contributed by atoms with Gasteiger partial charge in [0.25, 0.3) is 0 Å². The highest BCUT2D eigenvalue weighted by molar-refractivity contribution is 6.19. The van der Waals surface area contributed by atoms with Crippen molar-refractivity contribution in [1.82, 2.24) is 0 Å². The van der Waals surface area contributed by atoms with Crippen LogP contribution in [0, 0.1) is 23.5 Å². The van der Waals surface area contributed by atoms with Crippen molar-refractivity contribution in [2.24, 2.45) is 0 Å². The fourth-order valence-electron chi connectivity index (χ4n) is 1.68. The Labute approximate surface area is 121 Å². The van der Waals surface area contributed by atoms with Crippen molar-refractivity contribution < 1.29 is 13.5 Å². The van der Waals surface area contributed by atoms with Gasteiger partial charge in [-0.1, -0.05) is 24.0 Å². The molecule has 0 saturated heterocycles. The number of rotatable bonds is 3. The molecule has 0 spiro atoms. The van der Waals surface area contributed by atoms with Gasteiger partial charge in [-0.15, -0.1) is 11.6 Å². The molecule has 0 heterocycles. The molecule has 102 valence electrons. The molecule has 2 rings (SSSR count). The second-order valence-corrected chi connectivity index (χ2v) is 4.27. The van der Waals surface area contributed by atoms with Gasteiger partial charge < -0.3 is 4.74 Å². The zero-order valence-electron chi connectivity index (χ0n) is 10.5. The Bertz CT molecular complexity index is 639. The number of hydrogen-bond acceptors (Lipinski definition) is 1. The molecule has 20 heavy (non-hydrogen) atoms. The zero-order valence-corrected chi connectivity index (χ0v) is 11.3. The number of halogens is 3. The first-order chi connectivity index (χ1) is 9.69. The van der Waals surface area contributed by atoms with E-state index in [9.17, 15) is 8.78 Å². The fraction of sp³-hybridized carbons (Fsp3) is 0.125. The topological polar surface area (TPSA) is 9.23 Å². The number of ether oxygens (including phenoxy) is 1. The van der Waals surface area contributed by atoms with Gasteiger partial charge in [0.05, 0.1) is 11.4 Å². The summed E-state index contributed by atoms with van der Waals surface area (Å²) in [7, 11) is 0. The molecule has 0 aliphatic heterocycles. The number of alkyl halides is 1. The second-order valence-electron chi connectivity index (χ2n) is 4.00. The normalized spacial score (nSPS) is 9.75. The van der Waals surface area contributed by atoms with Crippen LogP contribution in [0.1, 0.15) is 11.1 Å². The zero-order chi connectivity index (χ0) is 14.4. The minimum absolute atomic E-state index is 0.0637. The predicted octanol–water partition coefficient (Wildman–Crippen LogP) is 4.13. The third-order valence-corrected chi connectivity index (χ3v) is 2.63. The van der Waals surface area contributed by atoms with Crippen molar-refractivity contribution in [2.45, 2.75) is 6.61 Å². The maximum Gasteiger partial charge on any atom is 0.135 e. The summed E-state index contributed by atoms with van der Waals surface area (Å²) in [5.74, 6) is 5.13. The van der Waals surface area contributed by atoms with Crippen LogP contribution in [0.4, 0.5) is 8.78 Å². The SMILES string of the molecule is Fc1cc(F)cc(COc2ccccc2C#CCCl)c1. The van der Waals surface area contributed by atoms with Crippen LogP contribution in [0.15, 0.2) is 42.5 Å². The Hall–Kier alpha value is -2.05. The summed E-state index contributed by atoms with van der Waals surface area (Å²) in [4.78, 5) is 0. The Morgan fingerprint density at radius 2 is 1.75 bits per heavy atom. The molecular weight excluding hydrogens is 282 g/mol. The van der Waals surface area contributed by atoms with E-state index in [-0.39, 0.29) is 12.5 Å². The van der Waals surface area contributed by atoms with Crippen LogP contribution in [0.25, 0.3) is 0 Å². The van der Waals surface area contributed by atoms with Gasteiger partial charge in [-0.3, -0.25) is 0 Å². The van der Waals surface area contributed by atoms with E-state index >= 15 is 0 Å². The summed E-state index contributed by atoms with van der Waals surface area (Å²) < 4.78 is 31.7. The van der Waals surface area contributed by atoms with Crippen LogP contribution in [0.2, 0.25) is 0 Å². The van der Waals surface area contributed by atoms with Crippen LogP contribution in [0.3, 0.4) is 0 Å². The standard InChI is InChI=1S/C16H11ClF2O/c17-7-3-5-13-4-1-2-6-16(13)20-11-12-8-14(18)10-15(19)9-12/h1-2,4,6,8-10H,7,11H2. The average Bonchev–Trinajstić information content (AvgIpc) is 2.43. The molecule has 0 atom stereocenters. The minimum Gasteiger partial charge on any atom is -0.488 e. The number of benzene rings is 2. The molecule has 0 N–H and O–H groups in total. The van der Waals surface area contributed by atoms with Gasteiger partial charge in [-0.05, 0) is 29.8 Å². The summed E-state index contributed by atoms with van der Waals surface area (Å²) in [6.07, 6.45) is 0. The lowest BCUT2D eigenvalue weighted by atomic mass is 10.2. The monoisotopic (exact) mass is 292 g/mol. The fourth-order valence-corrected chi connectivity index (χ4v) is 1.75. The summed E-state index contributed by atoms with van der Waals surface area (Å²) >= 11 is 5.51. The van der Waals surface area contributed by atoms with Gasteiger partial charge >= 0.3 is 0 Å². The largest absolute Gasteiger partial charge is 0.488 e. The van der Waals surface area contributed by atoms with Gasteiger partial charge in [-0.2, -0.15) is 0 Å². The van der Waals surface area contributed by atoms with E-state index in [1.807, 2.05) is 6.07 Å². The maximum absolute atomic E-state index is 13.1. The van der Waals surface area contributed by atoms with Crippen molar-refractivity contribution >= 4 is 11.6 Å². The van der Waals surface area contributed by atoms with Gasteiger partial charge in [0.1, 0.15) is 24.0 Å². The molecule has 0 aromatic heterocycles. The highest BCUT2D eigenvalue weighted by Crippen LogP contribution is 2.19. The molecular formula is C16H11ClF2O. The highest BCUT2D eigenvalue weighted by atomic mass is 35.5. The first kappa shape index (κ1) is 14.4. The van der Waals surface area contributed by atoms with Crippen LogP contribution in [-0.2, 0) is 6.61 Å². The lowest BCUT2D eigenvalue weighted by molar-refractivity contribution is 0.304. The molecule has 0 amide bonds. The van der Waals surface area contributed by atoms with E-state index in [1.54, 1.807) is 18.2 Å². The summed E-state index contributed by atoms with van der Waals surface area (Å²) in [6, 6.07) is 10.4. The summed E-state index contributed by atoms with van der Waals surface area (Å²) in [6.45, 7) is 0.0637. The third-order valence-electron chi connectivity index (χ3n) is 2.49. The number of para-hydroxylation sites is 1. The Kier molecular flexibility index (Phi) is 4.97. The van der Waals surface area contributed by atoms with Crippen LogP contribution < -0.4 is 4.74 Å². The van der Waals surface area contributed by atoms with Crippen LogP contribution >= 0.6 is 11.6 Å². The van der Waals surface area contributed by atoms with Crippen LogP contribution in [-0.4, -0.2) is 5.88 Å². The molecule has 2 aromatic carbocycles. The summed E-state index contributed by atoms with van der Waals surface area (Å²) in [5, 5.41) is 0. The van der Waals surface area contributed by atoms with E-state index in [4.69, 9.17) is 16.3 Å². The molecule has 1 nitrogen and oxygen atoms in total. The van der Waals surface area contributed by atoms with Crippen LogP contribution in [0.5, 0.6) is 5.75 Å². The van der Waals surface area contributed by atoms with E-state index in [0.29, 0.717) is 16.9 Å². The van der Waals surface area contributed by atoms with Gasteiger partial charge in [0, 0.05) is 6.07 Å². The maximum atomic E-state index is 13.1. The number of hydrogen-bond donors (Lipinski definition) is 0. The van der Waals surface area contributed by atoms with Crippen molar-refractivity contribution in [1.29, 1.82) is 0 Å². The molecule has 0 radical (unpaired) electrons. The molecule has 0 aliphatic carbocycles. The summed E-state index contributed by atoms with van der Waals surface area (Å²) in [5.41, 5.74) is 1.10. The minimum atomic E-state index is -0.626. The lowest BCUT2D eigenvalue weighted by Crippen LogP contribution is -1.98. The van der Waals surface area contributed by atoms with Gasteiger partial charge in [0.2, 0.25) is 0 Å². The van der Waals surface area contributed by atoms with E-state index < -0.39 is 11.6 Å². The van der Waals surface area contributed by atoms with Crippen molar-refractivity contribution in [3.05, 3.63) is 65.2 Å². The first-order valence-electron chi connectivity index (χ1n) is 5.90. The van der Waals surface area contributed by atoms with Crippen molar-refractivity contribution in [3.63, 3.8) is 0 Å². The average molecular weight is 293 g/mol. The predicted molar refractivity (Wildman–Crippen MR) is 74.7 cm³/mol. The third kappa shape index (κ3) is 3.97. The molecule has 0 unspecified atom stereocenters. The van der Waals surface area contributed by atoms with Gasteiger partial charge in [-0.25, -0.2) is 8.78 Å². The molecule has 0 fully saturated rings. The van der Waals surface area contributed by atoms with E-state index in [1.165, 1.54) is 12.1 Å². The van der Waals surface area contributed by atoms with Crippen molar-refractivity contribution in [2.75, 3.05) is 5.88 Å². The van der Waals surface area contributed by atoms with Crippen molar-refractivity contribution in [3.8, 4) is 17.6 Å². The Morgan fingerprint density at radius 3 is 2.45 bits per heavy atom. The molecule has 0 saturated carbocycles. The van der Waals surface area contributed by atoms with E-state index in [0.717, 1.165) is 6.07 Å². The first-order valence-corrected chi connectivity index (χ1v) is 6.44. The van der Waals surface area contributed by atoms with E-state index in [2.05, 4.69) is 11.8 Å². The Balaban J connectivity index is 2.14. The molecule has 0 bridgehead atoms.